The molecule has 0 aliphatic rings. The van der Waals surface area contributed by atoms with Crippen LogP contribution in [0.1, 0.15) is 11.1 Å². The Morgan fingerprint density at radius 3 is 2.76 bits per heavy atom. The van der Waals surface area contributed by atoms with Gasteiger partial charge in [-0.15, -0.1) is 0 Å². The predicted octanol–water partition coefficient (Wildman–Crippen LogP) is 3.78. The molecule has 0 spiro atoms. The molecule has 0 saturated carbocycles. The Balaban J connectivity index is 1.77. The first-order valence-electron chi connectivity index (χ1n) is 7.16. The van der Waals surface area contributed by atoms with E-state index in [1.54, 1.807) is 6.20 Å². The summed E-state index contributed by atoms with van der Waals surface area (Å²) in [6.45, 7) is 3.05. The lowest BCUT2D eigenvalue weighted by Gasteiger charge is -2.12. The molecule has 1 heterocycles. The van der Waals surface area contributed by atoms with E-state index in [0.717, 1.165) is 35.1 Å². The van der Waals surface area contributed by atoms with E-state index in [4.69, 9.17) is 5.73 Å². The van der Waals surface area contributed by atoms with E-state index < -0.39 is 0 Å². The normalized spacial score (nSPS) is 10.7. The van der Waals surface area contributed by atoms with Crippen molar-refractivity contribution in [2.45, 2.75) is 13.3 Å². The third-order valence-corrected chi connectivity index (χ3v) is 3.82. The molecule has 3 N–H and O–H groups in total. The number of pyridine rings is 1. The number of anilines is 2. The Morgan fingerprint density at radius 2 is 1.90 bits per heavy atom. The van der Waals surface area contributed by atoms with Crippen LogP contribution in [0.5, 0.6) is 0 Å². The van der Waals surface area contributed by atoms with Crippen LogP contribution in [-0.4, -0.2) is 11.5 Å². The van der Waals surface area contributed by atoms with Gasteiger partial charge in [-0.2, -0.15) is 0 Å². The summed E-state index contributed by atoms with van der Waals surface area (Å²) in [5, 5.41) is 5.63. The van der Waals surface area contributed by atoms with Crippen LogP contribution >= 0.6 is 0 Å². The molecule has 21 heavy (non-hydrogen) atoms. The number of nitrogens with two attached hydrogens (primary N) is 1. The van der Waals surface area contributed by atoms with Crippen molar-refractivity contribution >= 4 is 22.1 Å². The van der Waals surface area contributed by atoms with Gasteiger partial charge in [0.1, 0.15) is 0 Å². The van der Waals surface area contributed by atoms with Gasteiger partial charge in [-0.05, 0) is 42.7 Å². The van der Waals surface area contributed by atoms with E-state index in [2.05, 4.69) is 41.5 Å². The van der Waals surface area contributed by atoms with Gasteiger partial charge in [0, 0.05) is 41.1 Å². The maximum Gasteiger partial charge on any atom is 0.0422 e. The molecule has 3 nitrogen and oxygen atoms in total. The Morgan fingerprint density at radius 1 is 1.05 bits per heavy atom. The lowest BCUT2D eigenvalue weighted by atomic mass is 10.1. The van der Waals surface area contributed by atoms with Crippen LogP contribution < -0.4 is 11.1 Å². The number of hydrogen-bond acceptors (Lipinski definition) is 3. The van der Waals surface area contributed by atoms with E-state index in [1.807, 2.05) is 24.4 Å². The molecule has 0 aliphatic heterocycles. The average molecular weight is 277 g/mol. The number of nitrogens with one attached hydrogen (secondary N) is 1. The number of aromatic nitrogens is 1. The van der Waals surface area contributed by atoms with Gasteiger partial charge in [0.2, 0.25) is 0 Å². The summed E-state index contributed by atoms with van der Waals surface area (Å²) in [4.78, 5) is 4.15. The first-order valence-corrected chi connectivity index (χ1v) is 7.16. The molecular formula is C18H19N3. The molecule has 0 atom stereocenters. The maximum atomic E-state index is 6.00. The molecule has 0 amide bonds. The topological polar surface area (TPSA) is 50.9 Å². The van der Waals surface area contributed by atoms with Crippen molar-refractivity contribution in [1.29, 1.82) is 0 Å². The summed E-state index contributed by atoms with van der Waals surface area (Å²) in [5.74, 6) is 0. The Hall–Kier alpha value is -2.55. The SMILES string of the molecule is Cc1ccccc1CCNc1ccc(N)c2cnccc12. The minimum absolute atomic E-state index is 0.766. The molecule has 106 valence electrons. The highest BCUT2D eigenvalue weighted by Crippen LogP contribution is 2.27. The van der Waals surface area contributed by atoms with Gasteiger partial charge in [-0.25, -0.2) is 0 Å². The lowest BCUT2D eigenvalue weighted by molar-refractivity contribution is 1.01. The zero-order chi connectivity index (χ0) is 14.7. The van der Waals surface area contributed by atoms with Crippen LogP contribution in [0, 0.1) is 6.92 Å². The maximum absolute atomic E-state index is 6.00. The lowest BCUT2D eigenvalue weighted by Crippen LogP contribution is -2.06. The van der Waals surface area contributed by atoms with E-state index >= 15 is 0 Å². The molecule has 3 aromatic rings. The van der Waals surface area contributed by atoms with Crippen molar-refractivity contribution in [3.8, 4) is 0 Å². The highest BCUT2D eigenvalue weighted by molar-refractivity contribution is 6.00. The monoisotopic (exact) mass is 277 g/mol. The Labute approximate surface area is 124 Å². The second kappa shape index (κ2) is 5.83. The van der Waals surface area contributed by atoms with Gasteiger partial charge >= 0.3 is 0 Å². The average Bonchev–Trinajstić information content (AvgIpc) is 2.52. The van der Waals surface area contributed by atoms with Crippen LogP contribution in [0.3, 0.4) is 0 Å². The Kier molecular flexibility index (Phi) is 3.73. The molecule has 0 aliphatic carbocycles. The molecule has 3 rings (SSSR count). The zero-order valence-corrected chi connectivity index (χ0v) is 12.1. The summed E-state index contributed by atoms with van der Waals surface area (Å²) in [5.41, 5.74) is 10.6. The molecule has 0 bridgehead atoms. The first-order chi connectivity index (χ1) is 10.3. The summed E-state index contributed by atoms with van der Waals surface area (Å²) in [6.07, 6.45) is 4.62. The smallest absolute Gasteiger partial charge is 0.0422 e. The van der Waals surface area contributed by atoms with Crippen molar-refractivity contribution < 1.29 is 0 Å². The van der Waals surface area contributed by atoms with Gasteiger partial charge in [0.05, 0.1) is 0 Å². The number of nitrogen functional groups attached to an aromatic ring is 1. The fraction of sp³-hybridized carbons (Fsp3) is 0.167. The van der Waals surface area contributed by atoms with E-state index in [9.17, 15) is 0 Å². The number of fused-ring (bicyclic) bond motifs is 1. The predicted molar refractivity (Wildman–Crippen MR) is 89.5 cm³/mol. The fourth-order valence-corrected chi connectivity index (χ4v) is 2.59. The van der Waals surface area contributed by atoms with Crippen molar-refractivity contribution in [3.05, 3.63) is 66.0 Å². The summed E-state index contributed by atoms with van der Waals surface area (Å²) in [7, 11) is 0. The first kappa shape index (κ1) is 13.4. The van der Waals surface area contributed by atoms with Crippen LogP contribution in [-0.2, 0) is 6.42 Å². The number of aryl methyl sites for hydroxylation is 1. The number of rotatable bonds is 4. The molecule has 2 aromatic carbocycles. The largest absolute Gasteiger partial charge is 0.398 e. The molecular weight excluding hydrogens is 258 g/mol. The fourth-order valence-electron chi connectivity index (χ4n) is 2.59. The molecule has 3 heteroatoms. The van der Waals surface area contributed by atoms with Crippen molar-refractivity contribution in [1.82, 2.24) is 4.98 Å². The van der Waals surface area contributed by atoms with Crippen molar-refractivity contribution in [2.24, 2.45) is 0 Å². The van der Waals surface area contributed by atoms with Crippen molar-refractivity contribution in [3.63, 3.8) is 0 Å². The molecule has 0 unspecified atom stereocenters. The number of benzene rings is 2. The summed E-state index contributed by atoms with van der Waals surface area (Å²) < 4.78 is 0. The van der Waals surface area contributed by atoms with E-state index in [0.29, 0.717) is 0 Å². The van der Waals surface area contributed by atoms with Crippen LogP contribution in [0.4, 0.5) is 11.4 Å². The van der Waals surface area contributed by atoms with E-state index in [1.165, 1.54) is 11.1 Å². The van der Waals surface area contributed by atoms with Crippen LogP contribution in [0.2, 0.25) is 0 Å². The summed E-state index contributed by atoms with van der Waals surface area (Å²) >= 11 is 0. The van der Waals surface area contributed by atoms with Gasteiger partial charge in [-0.1, -0.05) is 24.3 Å². The van der Waals surface area contributed by atoms with E-state index in [-0.39, 0.29) is 0 Å². The number of hydrogen-bond donors (Lipinski definition) is 2. The molecule has 0 saturated heterocycles. The molecule has 0 radical (unpaired) electrons. The third kappa shape index (κ3) is 2.82. The highest BCUT2D eigenvalue weighted by Gasteiger charge is 2.04. The molecule has 1 aromatic heterocycles. The van der Waals surface area contributed by atoms with Gasteiger partial charge < -0.3 is 11.1 Å². The second-order valence-corrected chi connectivity index (χ2v) is 5.23. The van der Waals surface area contributed by atoms with Crippen LogP contribution in [0.15, 0.2) is 54.9 Å². The standard InChI is InChI=1S/C18H19N3/c1-13-4-2-3-5-14(13)8-11-21-18-7-6-17(19)16-12-20-10-9-15(16)18/h2-7,9-10,12,21H,8,11,19H2,1H3. The minimum atomic E-state index is 0.766. The quantitative estimate of drug-likeness (QED) is 0.713. The summed E-state index contributed by atoms with van der Waals surface area (Å²) in [6, 6.07) is 14.5. The van der Waals surface area contributed by atoms with Gasteiger partial charge in [-0.3, -0.25) is 4.98 Å². The van der Waals surface area contributed by atoms with Crippen LogP contribution in [0.25, 0.3) is 10.8 Å². The molecule has 0 fully saturated rings. The number of nitrogens with zero attached hydrogens (tertiary/aromatic N) is 1. The Bertz CT molecular complexity index is 765. The minimum Gasteiger partial charge on any atom is -0.398 e. The second-order valence-electron chi connectivity index (χ2n) is 5.23. The van der Waals surface area contributed by atoms with Gasteiger partial charge in [0.15, 0.2) is 0 Å². The third-order valence-electron chi connectivity index (χ3n) is 3.82. The zero-order valence-electron chi connectivity index (χ0n) is 12.1. The van der Waals surface area contributed by atoms with Crippen molar-refractivity contribution in [2.75, 3.05) is 17.6 Å². The highest BCUT2D eigenvalue weighted by atomic mass is 14.9. The van der Waals surface area contributed by atoms with Gasteiger partial charge in [0.25, 0.3) is 0 Å².